The molecule has 0 aliphatic rings. The van der Waals surface area contributed by atoms with Gasteiger partial charge >= 0.3 is 0 Å². The van der Waals surface area contributed by atoms with Gasteiger partial charge in [0.15, 0.2) is 0 Å². The van der Waals surface area contributed by atoms with E-state index in [-0.39, 0.29) is 0 Å². The molecule has 0 bridgehead atoms. The van der Waals surface area contributed by atoms with Crippen LogP contribution in [-0.2, 0) is 6.54 Å². The van der Waals surface area contributed by atoms with Crippen LogP contribution in [0.4, 0.5) is 5.69 Å². The van der Waals surface area contributed by atoms with Crippen molar-refractivity contribution in [3.05, 3.63) is 63.1 Å². The number of anilines is 1. The predicted molar refractivity (Wildman–Crippen MR) is 79.7 cm³/mol. The quantitative estimate of drug-likeness (QED) is 0.812. The smallest absolute Gasteiger partial charge is 0.0638 e. The van der Waals surface area contributed by atoms with Crippen LogP contribution in [0.2, 0.25) is 10.0 Å². The maximum Gasteiger partial charge on any atom is 0.0638 e. The Morgan fingerprint density at radius 1 is 0.944 bits per heavy atom. The van der Waals surface area contributed by atoms with E-state index in [1.54, 1.807) is 12.1 Å². The van der Waals surface area contributed by atoms with Gasteiger partial charge in [-0.1, -0.05) is 41.4 Å². The Bertz CT molecular complexity index is 564. The molecule has 0 amide bonds. The highest BCUT2D eigenvalue weighted by atomic mass is 35.5. The van der Waals surface area contributed by atoms with E-state index in [1.165, 1.54) is 16.7 Å². The van der Waals surface area contributed by atoms with Gasteiger partial charge in [0.05, 0.1) is 10.7 Å². The van der Waals surface area contributed by atoms with Crippen LogP contribution in [0, 0.1) is 13.8 Å². The van der Waals surface area contributed by atoms with E-state index >= 15 is 0 Å². The van der Waals surface area contributed by atoms with Crippen LogP contribution in [0.1, 0.15) is 16.7 Å². The Balaban J connectivity index is 2.11. The third-order valence-corrected chi connectivity index (χ3v) is 3.55. The van der Waals surface area contributed by atoms with Gasteiger partial charge in [-0.05, 0) is 48.7 Å². The van der Waals surface area contributed by atoms with E-state index in [0.29, 0.717) is 10.0 Å². The number of halogens is 2. The van der Waals surface area contributed by atoms with Gasteiger partial charge in [-0.25, -0.2) is 0 Å². The molecule has 0 spiro atoms. The van der Waals surface area contributed by atoms with Crippen molar-refractivity contribution in [2.24, 2.45) is 0 Å². The monoisotopic (exact) mass is 279 g/mol. The summed E-state index contributed by atoms with van der Waals surface area (Å²) in [6.45, 7) is 4.97. The Hall–Kier alpha value is -1.18. The molecule has 0 unspecified atom stereocenters. The van der Waals surface area contributed by atoms with Crippen LogP contribution in [-0.4, -0.2) is 0 Å². The molecule has 0 aromatic heterocycles. The highest BCUT2D eigenvalue weighted by Crippen LogP contribution is 2.26. The van der Waals surface area contributed by atoms with Crippen molar-refractivity contribution < 1.29 is 0 Å². The van der Waals surface area contributed by atoms with Crippen molar-refractivity contribution >= 4 is 28.9 Å². The van der Waals surface area contributed by atoms with Crippen LogP contribution < -0.4 is 5.32 Å². The zero-order chi connectivity index (χ0) is 13.1. The molecule has 0 heterocycles. The Morgan fingerprint density at radius 2 is 1.72 bits per heavy atom. The second-order valence-corrected chi connectivity index (χ2v) is 5.24. The molecular formula is C15H15Cl2N. The second-order valence-electron chi connectivity index (χ2n) is 4.40. The third kappa shape index (κ3) is 3.18. The lowest BCUT2D eigenvalue weighted by Gasteiger charge is -2.10. The van der Waals surface area contributed by atoms with E-state index < -0.39 is 0 Å². The highest BCUT2D eigenvalue weighted by molar-refractivity contribution is 6.35. The zero-order valence-corrected chi connectivity index (χ0v) is 11.9. The number of hydrogen-bond donors (Lipinski definition) is 1. The number of hydrogen-bond acceptors (Lipinski definition) is 1. The maximum atomic E-state index is 6.10. The minimum atomic E-state index is 0.682. The highest BCUT2D eigenvalue weighted by Gasteiger charge is 2.02. The fourth-order valence-electron chi connectivity index (χ4n) is 1.74. The molecule has 0 saturated carbocycles. The Kier molecular flexibility index (Phi) is 4.15. The van der Waals surface area contributed by atoms with Gasteiger partial charge in [-0.3, -0.25) is 0 Å². The second kappa shape index (κ2) is 5.64. The minimum absolute atomic E-state index is 0.682. The molecule has 3 heteroatoms. The molecule has 0 aliphatic heterocycles. The molecule has 1 nitrogen and oxygen atoms in total. The molecule has 0 saturated heterocycles. The number of rotatable bonds is 3. The average Bonchev–Trinajstić information content (AvgIpc) is 2.34. The van der Waals surface area contributed by atoms with Crippen molar-refractivity contribution in [1.82, 2.24) is 0 Å². The summed E-state index contributed by atoms with van der Waals surface area (Å²) in [6, 6.07) is 11.9. The average molecular weight is 280 g/mol. The molecular weight excluding hydrogens is 265 g/mol. The van der Waals surface area contributed by atoms with Crippen LogP contribution in [0.3, 0.4) is 0 Å². The largest absolute Gasteiger partial charge is 0.380 e. The van der Waals surface area contributed by atoms with Gasteiger partial charge in [0.25, 0.3) is 0 Å². The fourth-order valence-corrected chi connectivity index (χ4v) is 2.10. The lowest BCUT2D eigenvalue weighted by Crippen LogP contribution is -2.00. The first-order chi connectivity index (χ1) is 8.56. The zero-order valence-electron chi connectivity index (χ0n) is 10.4. The molecule has 2 aromatic carbocycles. The van der Waals surface area contributed by atoms with Gasteiger partial charge in [-0.2, -0.15) is 0 Å². The van der Waals surface area contributed by atoms with E-state index in [0.717, 1.165) is 12.2 Å². The van der Waals surface area contributed by atoms with E-state index in [4.69, 9.17) is 23.2 Å². The van der Waals surface area contributed by atoms with Gasteiger partial charge in [0, 0.05) is 11.6 Å². The van der Waals surface area contributed by atoms with Crippen molar-refractivity contribution in [3.8, 4) is 0 Å². The molecule has 0 atom stereocenters. The first-order valence-corrected chi connectivity index (χ1v) is 6.57. The molecule has 2 aromatic rings. The lowest BCUT2D eigenvalue weighted by atomic mass is 10.1. The van der Waals surface area contributed by atoms with Crippen LogP contribution in [0.25, 0.3) is 0 Å². The minimum Gasteiger partial charge on any atom is -0.380 e. The van der Waals surface area contributed by atoms with E-state index in [1.807, 2.05) is 6.07 Å². The topological polar surface area (TPSA) is 12.0 Å². The van der Waals surface area contributed by atoms with Crippen molar-refractivity contribution in [2.45, 2.75) is 20.4 Å². The summed E-state index contributed by atoms with van der Waals surface area (Å²) in [4.78, 5) is 0. The molecule has 0 radical (unpaired) electrons. The van der Waals surface area contributed by atoms with Crippen LogP contribution in [0.5, 0.6) is 0 Å². The van der Waals surface area contributed by atoms with Gasteiger partial charge < -0.3 is 5.32 Å². The van der Waals surface area contributed by atoms with Crippen molar-refractivity contribution in [1.29, 1.82) is 0 Å². The molecule has 18 heavy (non-hydrogen) atoms. The predicted octanol–water partition coefficient (Wildman–Crippen LogP) is 5.22. The fraction of sp³-hybridized carbons (Fsp3) is 0.200. The van der Waals surface area contributed by atoms with Gasteiger partial charge in [0.2, 0.25) is 0 Å². The SMILES string of the molecule is Cc1ccc(CNc2cc(Cl)ccc2Cl)cc1C. The first kappa shape index (κ1) is 13.3. The molecule has 0 aliphatic carbocycles. The molecule has 94 valence electrons. The van der Waals surface area contributed by atoms with Crippen LogP contribution in [0.15, 0.2) is 36.4 Å². The van der Waals surface area contributed by atoms with E-state index in [2.05, 4.69) is 37.4 Å². The number of nitrogens with one attached hydrogen (secondary N) is 1. The standard InChI is InChI=1S/C15H15Cl2N/c1-10-3-4-12(7-11(10)2)9-18-15-8-13(16)5-6-14(15)17/h3-8,18H,9H2,1-2H3. The summed E-state index contributed by atoms with van der Waals surface area (Å²) >= 11 is 12.0. The summed E-state index contributed by atoms with van der Waals surface area (Å²) in [6.07, 6.45) is 0. The summed E-state index contributed by atoms with van der Waals surface area (Å²) in [5, 5.41) is 4.67. The van der Waals surface area contributed by atoms with Crippen molar-refractivity contribution in [3.63, 3.8) is 0 Å². The van der Waals surface area contributed by atoms with Crippen molar-refractivity contribution in [2.75, 3.05) is 5.32 Å². The summed E-state index contributed by atoms with van der Waals surface area (Å²) in [7, 11) is 0. The first-order valence-electron chi connectivity index (χ1n) is 5.81. The van der Waals surface area contributed by atoms with Gasteiger partial charge in [0.1, 0.15) is 0 Å². The normalized spacial score (nSPS) is 10.4. The Morgan fingerprint density at radius 3 is 2.44 bits per heavy atom. The maximum absolute atomic E-state index is 6.10. The lowest BCUT2D eigenvalue weighted by molar-refractivity contribution is 1.13. The summed E-state index contributed by atoms with van der Waals surface area (Å²) in [5.41, 5.74) is 4.70. The Labute approximate surface area is 118 Å². The summed E-state index contributed by atoms with van der Waals surface area (Å²) in [5.74, 6) is 0. The van der Waals surface area contributed by atoms with E-state index in [9.17, 15) is 0 Å². The molecule has 2 rings (SSSR count). The van der Waals surface area contributed by atoms with Gasteiger partial charge in [-0.15, -0.1) is 0 Å². The van der Waals surface area contributed by atoms with Crippen LogP contribution >= 0.6 is 23.2 Å². The summed E-state index contributed by atoms with van der Waals surface area (Å²) < 4.78 is 0. The molecule has 0 fully saturated rings. The number of benzene rings is 2. The molecule has 1 N–H and O–H groups in total. The number of aryl methyl sites for hydroxylation is 2. The third-order valence-electron chi connectivity index (χ3n) is 2.98.